The maximum Gasteiger partial charge on any atom is 0.0789 e. The Bertz CT molecular complexity index is 144. The second-order valence-corrected chi connectivity index (χ2v) is 3.11. The first-order valence-electron chi connectivity index (χ1n) is 2.98. The summed E-state index contributed by atoms with van der Waals surface area (Å²) in [6.07, 6.45) is 8.52. The Morgan fingerprint density at radius 3 is 3.11 bits per heavy atom. The van der Waals surface area contributed by atoms with E-state index in [1.165, 1.54) is 0 Å². The van der Waals surface area contributed by atoms with Gasteiger partial charge >= 0.3 is 0 Å². The molecule has 2 unspecified atom stereocenters. The van der Waals surface area contributed by atoms with Crippen LogP contribution in [0.15, 0.2) is 24.3 Å². The molecule has 2 atom stereocenters. The molecule has 0 aromatic carbocycles. The van der Waals surface area contributed by atoms with E-state index in [1.807, 2.05) is 0 Å². The topological polar surface area (TPSA) is 12.0 Å². The molecule has 0 spiro atoms. The number of hydrogen-bond donors (Lipinski definition) is 1. The largest absolute Gasteiger partial charge is 0.253 e. The van der Waals surface area contributed by atoms with Gasteiger partial charge in [-0.25, -0.2) is 0 Å². The minimum absolute atomic E-state index is 0.500. The van der Waals surface area contributed by atoms with Crippen LogP contribution in [0.25, 0.3) is 0 Å². The fourth-order valence-corrected chi connectivity index (χ4v) is 1.81. The van der Waals surface area contributed by atoms with Crippen LogP contribution >= 0.6 is 11.9 Å². The Kier molecular flexibility index (Phi) is 1.36. The van der Waals surface area contributed by atoms with Crippen LogP contribution in [-0.2, 0) is 0 Å². The first-order chi connectivity index (χ1) is 4.47. The molecule has 1 fully saturated rings. The van der Waals surface area contributed by atoms with E-state index in [1.54, 1.807) is 11.9 Å². The van der Waals surface area contributed by atoms with E-state index in [-0.39, 0.29) is 0 Å². The third-order valence-electron chi connectivity index (χ3n) is 1.50. The minimum Gasteiger partial charge on any atom is -0.253 e. The van der Waals surface area contributed by atoms with Crippen LogP contribution in [0.4, 0.5) is 0 Å². The van der Waals surface area contributed by atoms with E-state index < -0.39 is 0 Å². The number of nitrogens with one attached hydrogen (secondary N) is 1. The molecule has 0 bridgehead atoms. The maximum absolute atomic E-state index is 3.13. The highest BCUT2D eigenvalue weighted by Gasteiger charge is 2.25. The molecule has 2 rings (SSSR count). The van der Waals surface area contributed by atoms with Crippen LogP contribution < -0.4 is 4.72 Å². The molecule has 0 saturated carbocycles. The fraction of sp³-hybridized carbons (Fsp3) is 0.286. The van der Waals surface area contributed by atoms with Crippen molar-refractivity contribution < 1.29 is 0 Å². The van der Waals surface area contributed by atoms with Gasteiger partial charge in [-0.2, -0.15) is 0 Å². The maximum atomic E-state index is 3.13. The Morgan fingerprint density at radius 2 is 2.22 bits per heavy atom. The first kappa shape index (κ1) is 5.57. The summed E-state index contributed by atoms with van der Waals surface area (Å²) in [5.74, 6) is 0.500. The zero-order valence-corrected chi connectivity index (χ0v) is 5.69. The van der Waals surface area contributed by atoms with Crippen LogP contribution in [0.2, 0.25) is 0 Å². The highest BCUT2D eigenvalue weighted by atomic mass is 32.2. The molecule has 1 N–H and O–H groups in total. The highest BCUT2D eigenvalue weighted by Crippen LogP contribution is 2.30. The molecule has 1 saturated heterocycles. The van der Waals surface area contributed by atoms with Gasteiger partial charge in [0.1, 0.15) is 0 Å². The zero-order valence-electron chi connectivity index (χ0n) is 4.87. The average Bonchev–Trinajstić information content (AvgIpc) is 2.33. The number of hydrogen-bond acceptors (Lipinski definition) is 2. The van der Waals surface area contributed by atoms with Crippen molar-refractivity contribution in [3.05, 3.63) is 30.8 Å². The summed E-state index contributed by atoms with van der Waals surface area (Å²) in [6, 6.07) is 0. The number of fused-ring (bicyclic) bond motifs is 1. The van der Waals surface area contributed by atoms with Crippen molar-refractivity contribution in [1.82, 2.24) is 4.72 Å². The van der Waals surface area contributed by atoms with Crippen molar-refractivity contribution in [2.24, 2.45) is 5.92 Å². The molecule has 1 aliphatic carbocycles. The van der Waals surface area contributed by atoms with Crippen LogP contribution in [0.1, 0.15) is 0 Å². The van der Waals surface area contributed by atoms with Gasteiger partial charge < -0.3 is 0 Å². The molecule has 0 aromatic rings. The van der Waals surface area contributed by atoms with Crippen molar-refractivity contribution in [2.75, 3.05) is 0 Å². The molecule has 2 heteroatoms. The molecule has 1 nitrogen and oxygen atoms in total. The van der Waals surface area contributed by atoms with Crippen LogP contribution in [0.5, 0.6) is 0 Å². The Morgan fingerprint density at radius 1 is 1.33 bits per heavy atom. The predicted molar refractivity (Wildman–Crippen MR) is 39.5 cm³/mol. The normalized spacial score (nSPS) is 39.1. The van der Waals surface area contributed by atoms with Gasteiger partial charge in [-0.1, -0.05) is 36.3 Å². The minimum atomic E-state index is 0.500. The molecule has 0 amide bonds. The Labute approximate surface area is 59.3 Å². The third-order valence-corrected chi connectivity index (χ3v) is 2.46. The van der Waals surface area contributed by atoms with Gasteiger partial charge in [-0.3, -0.25) is 4.72 Å². The van der Waals surface area contributed by atoms with Crippen molar-refractivity contribution in [2.45, 2.75) is 5.25 Å². The van der Waals surface area contributed by atoms with Crippen LogP contribution in [-0.4, -0.2) is 5.25 Å². The van der Waals surface area contributed by atoms with E-state index in [4.69, 9.17) is 0 Å². The molecule has 46 valence electrons. The van der Waals surface area contributed by atoms with Gasteiger partial charge in [0.25, 0.3) is 0 Å². The second kappa shape index (κ2) is 2.20. The molecule has 0 aromatic heterocycles. The molecule has 2 aliphatic rings. The fourth-order valence-electron chi connectivity index (χ4n) is 1.000. The summed E-state index contributed by atoms with van der Waals surface area (Å²) >= 11 is 1.73. The summed E-state index contributed by atoms with van der Waals surface area (Å²) in [7, 11) is 0. The van der Waals surface area contributed by atoms with Crippen molar-refractivity contribution in [3.8, 4) is 0 Å². The molecule has 9 heavy (non-hydrogen) atoms. The van der Waals surface area contributed by atoms with Gasteiger partial charge in [0, 0.05) is 11.2 Å². The molecule has 1 heterocycles. The number of rotatable bonds is 0. The summed E-state index contributed by atoms with van der Waals surface area (Å²) in [4.78, 5) is 0. The molecular formula is C7H7NS. The predicted octanol–water partition coefficient (Wildman–Crippen LogP) is 1.39. The SMILES string of the molecule is [C]1NSC2C=CC=CC12. The Balaban J connectivity index is 2.18. The smallest absolute Gasteiger partial charge is 0.0789 e. The lowest BCUT2D eigenvalue weighted by Gasteiger charge is -2.10. The monoisotopic (exact) mass is 137 g/mol. The molecular weight excluding hydrogens is 130 g/mol. The van der Waals surface area contributed by atoms with E-state index >= 15 is 0 Å². The highest BCUT2D eigenvalue weighted by molar-refractivity contribution is 7.98. The van der Waals surface area contributed by atoms with Crippen molar-refractivity contribution >= 4 is 11.9 Å². The lowest BCUT2D eigenvalue weighted by molar-refractivity contribution is 0.787. The van der Waals surface area contributed by atoms with Gasteiger partial charge in [0.05, 0.1) is 6.54 Å². The zero-order chi connectivity index (χ0) is 6.10. The summed E-state index contributed by atoms with van der Waals surface area (Å²) in [5, 5.41) is 0.593. The lowest BCUT2D eigenvalue weighted by atomic mass is 10.0. The van der Waals surface area contributed by atoms with Gasteiger partial charge in [0.2, 0.25) is 0 Å². The summed E-state index contributed by atoms with van der Waals surface area (Å²) < 4.78 is 3.03. The van der Waals surface area contributed by atoms with E-state index in [0.29, 0.717) is 11.2 Å². The van der Waals surface area contributed by atoms with Gasteiger partial charge in [0.15, 0.2) is 0 Å². The quantitative estimate of drug-likeness (QED) is 0.506. The lowest BCUT2D eigenvalue weighted by Crippen LogP contribution is -2.07. The summed E-state index contributed by atoms with van der Waals surface area (Å²) in [5.41, 5.74) is 0. The van der Waals surface area contributed by atoms with Gasteiger partial charge in [-0.15, -0.1) is 0 Å². The standard InChI is InChI=1S/C7H7NS/c1-2-4-7-6(3-1)5-8-9-7/h1-4,6-8H. The third kappa shape index (κ3) is 0.926. The van der Waals surface area contributed by atoms with E-state index in [2.05, 4.69) is 35.6 Å². The van der Waals surface area contributed by atoms with Crippen molar-refractivity contribution in [1.29, 1.82) is 0 Å². The summed E-state index contributed by atoms with van der Waals surface area (Å²) in [6.45, 7) is 3.13. The van der Waals surface area contributed by atoms with Gasteiger partial charge in [-0.05, 0) is 0 Å². The second-order valence-electron chi connectivity index (χ2n) is 2.12. The Hall–Kier alpha value is -0.210. The van der Waals surface area contributed by atoms with Crippen molar-refractivity contribution in [3.63, 3.8) is 0 Å². The number of allylic oxidation sites excluding steroid dienone is 2. The molecule has 1 aliphatic heterocycles. The molecule has 2 radical (unpaired) electrons. The average molecular weight is 137 g/mol. The first-order valence-corrected chi connectivity index (χ1v) is 3.86. The van der Waals surface area contributed by atoms with Crippen LogP contribution in [0.3, 0.4) is 0 Å². The van der Waals surface area contributed by atoms with E-state index in [9.17, 15) is 0 Å². The van der Waals surface area contributed by atoms with E-state index in [0.717, 1.165) is 0 Å². The van der Waals surface area contributed by atoms with Crippen LogP contribution in [0, 0.1) is 12.5 Å².